The Labute approximate surface area is 118 Å². The van der Waals surface area contributed by atoms with Crippen molar-refractivity contribution in [2.45, 2.75) is 26.2 Å². The van der Waals surface area contributed by atoms with E-state index in [4.69, 9.17) is 4.74 Å². The van der Waals surface area contributed by atoms with E-state index in [0.29, 0.717) is 11.8 Å². The first-order valence-corrected chi connectivity index (χ1v) is 6.37. The molecule has 1 aromatic carbocycles. The van der Waals surface area contributed by atoms with Gasteiger partial charge in [0.25, 0.3) is 0 Å². The Morgan fingerprint density at radius 1 is 1.28 bits per heavy atom. The van der Waals surface area contributed by atoms with E-state index in [0.717, 1.165) is 12.3 Å². The highest BCUT2D eigenvalue weighted by molar-refractivity contribution is 5.85. The number of hydrogen-bond acceptors (Lipinski definition) is 2. The summed E-state index contributed by atoms with van der Waals surface area (Å²) in [4.78, 5) is 2.26. The Bertz CT molecular complexity index is 341. The Balaban J connectivity index is 0.00000289. The van der Waals surface area contributed by atoms with Crippen LogP contribution < -0.4 is 4.74 Å². The second-order valence-electron chi connectivity index (χ2n) is 5.03. The van der Waals surface area contributed by atoms with Gasteiger partial charge in [-0.3, -0.25) is 0 Å². The van der Waals surface area contributed by atoms with E-state index in [1.807, 2.05) is 6.07 Å². The molecule has 0 N–H and O–H groups in total. The monoisotopic (exact) mass is 271 g/mol. The summed E-state index contributed by atoms with van der Waals surface area (Å²) < 4.78 is 5.30. The molecule has 3 heteroatoms. The van der Waals surface area contributed by atoms with E-state index >= 15 is 0 Å². The largest absolute Gasteiger partial charge is 0.497 e. The lowest BCUT2D eigenvalue weighted by Crippen LogP contribution is -2.24. The molecule has 1 rings (SSSR count). The SMILES string of the molecule is CC[C@@H](c1cccc(OC)c1)C(C)CN(C)C.Cl. The van der Waals surface area contributed by atoms with Crippen LogP contribution in [-0.4, -0.2) is 32.6 Å². The molecular weight excluding hydrogens is 246 g/mol. The number of halogens is 1. The number of benzene rings is 1. The molecule has 0 aromatic heterocycles. The maximum absolute atomic E-state index is 5.30. The maximum atomic E-state index is 5.30. The summed E-state index contributed by atoms with van der Waals surface area (Å²) in [6.07, 6.45) is 1.17. The highest BCUT2D eigenvalue weighted by Gasteiger charge is 2.18. The van der Waals surface area contributed by atoms with Crippen molar-refractivity contribution in [1.29, 1.82) is 0 Å². The first-order chi connectivity index (χ1) is 8.08. The van der Waals surface area contributed by atoms with Crippen molar-refractivity contribution in [2.24, 2.45) is 5.92 Å². The van der Waals surface area contributed by atoms with E-state index in [9.17, 15) is 0 Å². The van der Waals surface area contributed by atoms with Gasteiger partial charge in [-0.2, -0.15) is 0 Å². The quantitative estimate of drug-likeness (QED) is 0.780. The van der Waals surface area contributed by atoms with E-state index in [-0.39, 0.29) is 12.4 Å². The molecule has 0 aliphatic rings. The smallest absolute Gasteiger partial charge is 0.119 e. The normalized spacial score (nSPS) is 13.9. The van der Waals surface area contributed by atoms with Crippen molar-refractivity contribution < 1.29 is 4.74 Å². The van der Waals surface area contributed by atoms with Crippen LogP contribution in [0.3, 0.4) is 0 Å². The molecule has 0 saturated heterocycles. The summed E-state index contributed by atoms with van der Waals surface area (Å²) in [5.74, 6) is 2.22. The predicted molar refractivity (Wildman–Crippen MR) is 81.0 cm³/mol. The van der Waals surface area contributed by atoms with Gasteiger partial charge in [0, 0.05) is 6.54 Å². The highest BCUT2D eigenvalue weighted by atomic mass is 35.5. The molecule has 0 spiro atoms. The molecule has 18 heavy (non-hydrogen) atoms. The van der Waals surface area contributed by atoms with Crippen LogP contribution >= 0.6 is 12.4 Å². The van der Waals surface area contributed by atoms with Crippen LogP contribution in [0.15, 0.2) is 24.3 Å². The zero-order chi connectivity index (χ0) is 12.8. The molecule has 0 amide bonds. The van der Waals surface area contributed by atoms with Gasteiger partial charge in [-0.15, -0.1) is 12.4 Å². The molecule has 0 radical (unpaired) electrons. The van der Waals surface area contributed by atoms with Crippen LogP contribution in [0.25, 0.3) is 0 Å². The molecule has 0 aliphatic carbocycles. The zero-order valence-electron chi connectivity index (χ0n) is 12.1. The van der Waals surface area contributed by atoms with Crippen LogP contribution in [-0.2, 0) is 0 Å². The first kappa shape index (κ1) is 17.3. The fourth-order valence-electron chi connectivity index (χ4n) is 2.54. The fourth-order valence-corrected chi connectivity index (χ4v) is 2.54. The average Bonchev–Trinajstić information content (AvgIpc) is 2.29. The van der Waals surface area contributed by atoms with Gasteiger partial charge in [0.15, 0.2) is 0 Å². The average molecular weight is 272 g/mol. The Kier molecular flexibility index (Phi) is 8.05. The molecule has 1 aromatic rings. The number of hydrogen-bond donors (Lipinski definition) is 0. The summed E-state index contributed by atoms with van der Waals surface area (Å²) >= 11 is 0. The standard InChI is InChI=1S/C15H25NO.ClH/c1-6-15(12(2)11-16(3)4)13-8-7-9-14(10-13)17-5;/h7-10,12,15H,6,11H2,1-5H3;1H/t12?,15-;/m1./s1. The maximum Gasteiger partial charge on any atom is 0.119 e. The second-order valence-corrected chi connectivity index (χ2v) is 5.03. The summed E-state index contributed by atoms with van der Waals surface area (Å²) in [5.41, 5.74) is 1.39. The van der Waals surface area contributed by atoms with E-state index in [1.165, 1.54) is 12.0 Å². The summed E-state index contributed by atoms with van der Waals surface area (Å²) in [5, 5.41) is 0. The Morgan fingerprint density at radius 2 is 1.94 bits per heavy atom. The van der Waals surface area contributed by atoms with Crippen LogP contribution in [0.2, 0.25) is 0 Å². The van der Waals surface area contributed by atoms with Gasteiger partial charge < -0.3 is 9.64 Å². The second kappa shape index (κ2) is 8.39. The summed E-state index contributed by atoms with van der Waals surface area (Å²) in [6.45, 7) is 5.71. The van der Waals surface area contributed by atoms with Crippen molar-refractivity contribution in [3.8, 4) is 5.75 Å². The number of rotatable bonds is 6. The minimum absolute atomic E-state index is 0. The van der Waals surface area contributed by atoms with E-state index in [1.54, 1.807) is 7.11 Å². The lowest BCUT2D eigenvalue weighted by molar-refractivity contribution is 0.301. The lowest BCUT2D eigenvalue weighted by atomic mass is 9.85. The van der Waals surface area contributed by atoms with Crippen LogP contribution in [0.4, 0.5) is 0 Å². The molecule has 0 fully saturated rings. The number of ether oxygens (including phenoxy) is 1. The summed E-state index contributed by atoms with van der Waals surface area (Å²) in [6, 6.07) is 8.47. The van der Waals surface area contributed by atoms with Crippen molar-refractivity contribution in [3.63, 3.8) is 0 Å². The molecular formula is C15H26ClNO. The number of nitrogens with zero attached hydrogens (tertiary/aromatic N) is 1. The van der Waals surface area contributed by atoms with Crippen molar-refractivity contribution in [1.82, 2.24) is 4.90 Å². The Morgan fingerprint density at radius 3 is 2.44 bits per heavy atom. The van der Waals surface area contributed by atoms with E-state index < -0.39 is 0 Å². The van der Waals surface area contributed by atoms with Gasteiger partial charge in [-0.1, -0.05) is 26.0 Å². The molecule has 0 heterocycles. The molecule has 0 aliphatic heterocycles. The molecule has 2 atom stereocenters. The molecule has 0 saturated carbocycles. The predicted octanol–water partition coefficient (Wildman–Crippen LogP) is 3.81. The lowest BCUT2D eigenvalue weighted by Gasteiger charge is -2.26. The van der Waals surface area contributed by atoms with Crippen molar-refractivity contribution in [3.05, 3.63) is 29.8 Å². The third-order valence-electron chi connectivity index (χ3n) is 3.30. The highest BCUT2D eigenvalue weighted by Crippen LogP contribution is 2.30. The van der Waals surface area contributed by atoms with Crippen molar-refractivity contribution >= 4 is 12.4 Å². The minimum atomic E-state index is 0. The zero-order valence-corrected chi connectivity index (χ0v) is 13.0. The fraction of sp³-hybridized carbons (Fsp3) is 0.600. The molecule has 2 nitrogen and oxygen atoms in total. The Hall–Kier alpha value is -0.730. The van der Waals surface area contributed by atoms with Gasteiger partial charge in [0.2, 0.25) is 0 Å². The number of methoxy groups -OCH3 is 1. The van der Waals surface area contributed by atoms with Crippen LogP contribution in [0.1, 0.15) is 31.7 Å². The summed E-state index contributed by atoms with van der Waals surface area (Å²) in [7, 11) is 5.99. The van der Waals surface area contributed by atoms with Gasteiger partial charge >= 0.3 is 0 Å². The van der Waals surface area contributed by atoms with Gasteiger partial charge in [-0.05, 0) is 50.0 Å². The molecule has 0 bridgehead atoms. The first-order valence-electron chi connectivity index (χ1n) is 6.37. The third-order valence-corrected chi connectivity index (χ3v) is 3.30. The van der Waals surface area contributed by atoms with Gasteiger partial charge in [0.1, 0.15) is 5.75 Å². The van der Waals surface area contributed by atoms with Gasteiger partial charge in [0.05, 0.1) is 7.11 Å². The van der Waals surface area contributed by atoms with Crippen LogP contribution in [0, 0.1) is 5.92 Å². The minimum Gasteiger partial charge on any atom is -0.497 e. The molecule has 104 valence electrons. The molecule has 1 unspecified atom stereocenters. The van der Waals surface area contributed by atoms with Crippen molar-refractivity contribution in [2.75, 3.05) is 27.7 Å². The third kappa shape index (κ3) is 4.87. The topological polar surface area (TPSA) is 12.5 Å². The van der Waals surface area contributed by atoms with Crippen LogP contribution in [0.5, 0.6) is 5.75 Å². The van der Waals surface area contributed by atoms with E-state index in [2.05, 4.69) is 51.0 Å². The van der Waals surface area contributed by atoms with Gasteiger partial charge in [-0.25, -0.2) is 0 Å².